The van der Waals surface area contributed by atoms with E-state index in [0.717, 1.165) is 5.56 Å². The minimum absolute atomic E-state index is 0.487. The van der Waals surface area contributed by atoms with Crippen molar-refractivity contribution in [3.05, 3.63) is 17.7 Å². The molecule has 0 spiro atoms. The molecule has 0 amide bonds. The number of hydrogen-bond donors (Lipinski definition) is 1. The molecule has 0 saturated carbocycles. The van der Waals surface area contributed by atoms with Gasteiger partial charge < -0.3 is 5.11 Å². The third-order valence-corrected chi connectivity index (χ3v) is 14.7. The fourth-order valence-corrected chi connectivity index (χ4v) is 18.2. The lowest BCUT2D eigenvalue weighted by molar-refractivity contribution is 0.472. The Balaban J connectivity index is 2.71. The van der Waals surface area contributed by atoms with Gasteiger partial charge in [-0.15, -0.1) is 0 Å². The normalized spacial score (nSPS) is 21.4. The zero-order valence-electron chi connectivity index (χ0n) is 10.3. The van der Waals surface area contributed by atoms with Crippen LogP contribution in [0.15, 0.2) is 12.1 Å². The first-order valence-electron chi connectivity index (χ1n) is 5.59. The monoisotopic (exact) mass is 236 g/mol. The summed E-state index contributed by atoms with van der Waals surface area (Å²) >= 11 is 0. The van der Waals surface area contributed by atoms with Gasteiger partial charge in [0.15, 0.2) is 0 Å². The van der Waals surface area contributed by atoms with Crippen molar-refractivity contribution in [3.8, 4) is 5.75 Å². The number of phenolic OH excluding ortho intramolecular Hbond substituents is 1. The van der Waals surface area contributed by atoms with Gasteiger partial charge in [0, 0.05) is 0 Å². The highest BCUT2D eigenvalue weighted by molar-refractivity contribution is 7.14. The predicted molar refractivity (Wildman–Crippen MR) is 71.9 cm³/mol. The summed E-state index contributed by atoms with van der Waals surface area (Å²) in [6.45, 7) is 11.8. The van der Waals surface area contributed by atoms with E-state index in [1.807, 2.05) is 6.92 Å². The molecule has 1 heterocycles. The van der Waals surface area contributed by atoms with Crippen LogP contribution >= 0.6 is 0 Å². The fraction of sp³-hybridized carbons (Fsp3) is 0.500. The van der Waals surface area contributed by atoms with E-state index in [1.165, 1.54) is 10.9 Å². The van der Waals surface area contributed by atoms with E-state index in [-0.39, 0.29) is 0 Å². The van der Waals surface area contributed by atoms with Crippen LogP contribution in [0, 0.1) is 6.92 Å². The summed E-state index contributed by atoms with van der Waals surface area (Å²) in [5.41, 5.74) is 2.47. The third kappa shape index (κ3) is 1.58. The molecule has 1 aromatic carbocycles. The Hall–Kier alpha value is -0.546. The Kier molecular flexibility index (Phi) is 2.18. The zero-order chi connectivity index (χ0) is 11.4. The van der Waals surface area contributed by atoms with Crippen molar-refractivity contribution < 1.29 is 5.11 Å². The minimum Gasteiger partial charge on any atom is -0.508 e. The molecule has 15 heavy (non-hydrogen) atoms. The maximum absolute atomic E-state index is 9.82. The lowest BCUT2D eigenvalue weighted by atomic mass is 10.2. The van der Waals surface area contributed by atoms with Gasteiger partial charge in [-0.2, -0.15) is 0 Å². The minimum atomic E-state index is -1.25. The molecule has 1 aromatic rings. The molecular formula is C12H20OSi2. The molecule has 1 N–H and O–H groups in total. The molecule has 0 radical (unpaired) electrons. The Bertz CT molecular complexity index is 383. The molecule has 82 valence electrons. The van der Waals surface area contributed by atoms with Crippen LogP contribution in [0.1, 0.15) is 5.56 Å². The van der Waals surface area contributed by atoms with Gasteiger partial charge in [0.1, 0.15) is 5.75 Å². The fourth-order valence-electron chi connectivity index (χ4n) is 3.11. The number of phenols is 1. The second kappa shape index (κ2) is 2.98. The van der Waals surface area contributed by atoms with Crippen molar-refractivity contribution in [2.45, 2.75) is 38.8 Å². The van der Waals surface area contributed by atoms with Crippen molar-refractivity contribution in [1.82, 2.24) is 0 Å². The highest BCUT2D eigenvalue weighted by Gasteiger charge is 2.44. The summed E-state index contributed by atoms with van der Waals surface area (Å²) < 4.78 is 0. The van der Waals surface area contributed by atoms with Crippen molar-refractivity contribution in [2.24, 2.45) is 0 Å². The van der Waals surface area contributed by atoms with Gasteiger partial charge in [0.25, 0.3) is 0 Å². The largest absolute Gasteiger partial charge is 0.508 e. The van der Waals surface area contributed by atoms with Gasteiger partial charge in [-0.05, 0) is 18.6 Å². The van der Waals surface area contributed by atoms with Crippen LogP contribution in [-0.2, 0) is 0 Å². The maximum Gasteiger partial charge on any atom is 0.118 e. The standard InChI is InChI=1S/C12H20OSi2/c1-9-6-11-12(7-10(9)13)15(4,5)8-14(11,2)3/h6-7,13H,8H2,1-5H3. The number of hydrogen-bond acceptors (Lipinski definition) is 1. The number of benzene rings is 1. The Morgan fingerprint density at radius 3 is 2.00 bits per heavy atom. The second-order valence-corrected chi connectivity index (χ2v) is 16.2. The molecule has 1 aliphatic rings. The number of fused-ring (bicyclic) bond motifs is 1. The van der Waals surface area contributed by atoms with E-state index in [9.17, 15) is 5.11 Å². The lowest BCUT2D eigenvalue weighted by Gasteiger charge is -2.19. The molecule has 1 aliphatic heterocycles. The first-order valence-corrected chi connectivity index (χ1v) is 12.0. The van der Waals surface area contributed by atoms with Crippen molar-refractivity contribution in [1.29, 1.82) is 0 Å². The van der Waals surface area contributed by atoms with Gasteiger partial charge >= 0.3 is 0 Å². The topological polar surface area (TPSA) is 20.2 Å². The van der Waals surface area contributed by atoms with E-state index >= 15 is 0 Å². The van der Waals surface area contributed by atoms with Crippen LogP contribution in [0.25, 0.3) is 0 Å². The van der Waals surface area contributed by atoms with Gasteiger partial charge in [-0.3, -0.25) is 0 Å². The smallest absolute Gasteiger partial charge is 0.118 e. The van der Waals surface area contributed by atoms with Crippen molar-refractivity contribution in [2.75, 3.05) is 0 Å². The SMILES string of the molecule is Cc1cc2c(cc1O)[Si](C)(C)C[Si]2(C)C. The molecule has 3 heteroatoms. The first-order chi connectivity index (χ1) is 6.74. The van der Waals surface area contributed by atoms with Crippen molar-refractivity contribution in [3.63, 3.8) is 0 Å². The predicted octanol–water partition coefficient (Wildman–Crippen LogP) is 2.08. The molecule has 1 nitrogen and oxygen atoms in total. The Labute approximate surface area is 94.2 Å². The highest BCUT2D eigenvalue weighted by Crippen LogP contribution is 2.28. The summed E-state index contributed by atoms with van der Waals surface area (Å²) in [5, 5.41) is 12.9. The summed E-state index contributed by atoms with van der Waals surface area (Å²) in [6, 6.07) is 4.30. The number of rotatable bonds is 0. The number of aryl methyl sites for hydroxylation is 1. The van der Waals surface area contributed by atoms with Crippen LogP contribution in [0.5, 0.6) is 5.75 Å². The van der Waals surface area contributed by atoms with E-state index in [4.69, 9.17) is 0 Å². The Morgan fingerprint density at radius 2 is 1.47 bits per heavy atom. The van der Waals surface area contributed by atoms with Crippen LogP contribution < -0.4 is 10.4 Å². The van der Waals surface area contributed by atoms with Gasteiger partial charge in [-0.1, -0.05) is 48.3 Å². The molecule has 0 unspecified atom stereocenters. The molecule has 0 saturated heterocycles. The third-order valence-electron chi connectivity index (χ3n) is 3.68. The molecule has 0 fully saturated rings. The summed E-state index contributed by atoms with van der Waals surface area (Å²) in [6.07, 6.45) is 0. The van der Waals surface area contributed by atoms with E-state index in [2.05, 4.69) is 38.3 Å². The van der Waals surface area contributed by atoms with Crippen LogP contribution in [-0.4, -0.2) is 21.3 Å². The molecule has 2 rings (SSSR count). The molecule has 0 aliphatic carbocycles. The highest BCUT2D eigenvalue weighted by atomic mass is 28.4. The summed E-state index contributed by atoms with van der Waals surface area (Å²) in [4.78, 5) is 0. The molecule has 0 atom stereocenters. The van der Waals surface area contributed by atoms with Crippen LogP contribution in [0.2, 0.25) is 31.9 Å². The average molecular weight is 236 g/mol. The lowest BCUT2D eigenvalue weighted by Crippen LogP contribution is -2.44. The van der Waals surface area contributed by atoms with E-state index in [0.29, 0.717) is 5.75 Å². The Morgan fingerprint density at radius 1 is 1.00 bits per heavy atom. The molecular weight excluding hydrogens is 216 g/mol. The summed E-state index contributed by atoms with van der Waals surface area (Å²) in [7, 11) is -2.45. The molecule has 0 bridgehead atoms. The van der Waals surface area contributed by atoms with Gasteiger partial charge in [0.2, 0.25) is 0 Å². The summed E-state index contributed by atoms with van der Waals surface area (Å²) in [5.74, 6) is 0.487. The van der Waals surface area contributed by atoms with Gasteiger partial charge in [0.05, 0.1) is 16.1 Å². The van der Waals surface area contributed by atoms with Crippen LogP contribution in [0.3, 0.4) is 0 Å². The van der Waals surface area contributed by atoms with Crippen LogP contribution in [0.4, 0.5) is 0 Å². The second-order valence-electron chi connectivity index (χ2n) is 6.13. The number of aromatic hydroxyl groups is 1. The molecule has 0 aromatic heterocycles. The quantitative estimate of drug-likeness (QED) is 0.684. The average Bonchev–Trinajstić information content (AvgIpc) is 2.21. The maximum atomic E-state index is 9.82. The van der Waals surface area contributed by atoms with E-state index in [1.54, 1.807) is 5.19 Å². The van der Waals surface area contributed by atoms with E-state index < -0.39 is 16.1 Å². The first kappa shape index (κ1) is 11.0. The zero-order valence-corrected chi connectivity index (χ0v) is 12.3. The van der Waals surface area contributed by atoms with Crippen molar-refractivity contribution >= 4 is 26.5 Å². The van der Waals surface area contributed by atoms with Gasteiger partial charge in [-0.25, -0.2) is 0 Å².